The van der Waals surface area contributed by atoms with Crippen molar-refractivity contribution in [1.29, 1.82) is 0 Å². The molecule has 1 atom stereocenters. The minimum absolute atomic E-state index is 0.0931. The number of nitrogens with zero attached hydrogens (tertiary/aromatic N) is 2. The molecular formula is C15H13FN4OS. The molecule has 112 valence electrons. The number of nitrogens with one attached hydrogen (secondary N) is 1. The van der Waals surface area contributed by atoms with E-state index in [2.05, 4.69) is 15.3 Å². The topological polar surface area (TPSA) is 80.9 Å². The van der Waals surface area contributed by atoms with Gasteiger partial charge in [0.2, 0.25) is 0 Å². The number of nitrogens with two attached hydrogens (primary N) is 1. The van der Waals surface area contributed by atoms with E-state index in [4.69, 9.17) is 5.73 Å². The maximum Gasteiger partial charge on any atom is 0.280 e. The van der Waals surface area contributed by atoms with Crippen molar-refractivity contribution in [3.8, 4) is 0 Å². The Labute approximate surface area is 130 Å². The van der Waals surface area contributed by atoms with E-state index < -0.39 is 11.9 Å². The predicted molar refractivity (Wildman–Crippen MR) is 83.1 cm³/mol. The Balaban J connectivity index is 1.84. The van der Waals surface area contributed by atoms with Gasteiger partial charge in [-0.15, -0.1) is 0 Å². The zero-order valence-electron chi connectivity index (χ0n) is 11.5. The van der Waals surface area contributed by atoms with E-state index in [0.29, 0.717) is 15.9 Å². The molecule has 3 N–H and O–H groups in total. The van der Waals surface area contributed by atoms with Gasteiger partial charge in [0.25, 0.3) is 5.91 Å². The third-order valence-corrected chi connectivity index (χ3v) is 4.16. The summed E-state index contributed by atoms with van der Waals surface area (Å²) >= 11 is 1.19. The number of pyridine rings is 1. The molecule has 1 aromatic carbocycles. The van der Waals surface area contributed by atoms with E-state index in [-0.39, 0.29) is 17.5 Å². The van der Waals surface area contributed by atoms with Gasteiger partial charge in [0, 0.05) is 18.3 Å². The summed E-state index contributed by atoms with van der Waals surface area (Å²) in [6.45, 7) is 0.0931. The Morgan fingerprint density at radius 3 is 2.86 bits per heavy atom. The molecule has 0 spiro atoms. The van der Waals surface area contributed by atoms with Gasteiger partial charge in [-0.1, -0.05) is 29.5 Å². The van der Waals surface area contributed by atoms with Crippen LogP contribution in [0.4, 0.5) is 4.39 Å². The highest BCUT2D eigenvalue weighted by Gasteiger charge is 2.19. The molecule has 0 saturated heterocycles. The average molecular weight is 316 g/mol. The summed E-state index contributed by atoms with van der Waals surface area (Å²) in [4.78, 5) is 21.4. The second-order valence-electron chi connectivity index (χ2n) is 4.63. The average Bonchev–Trinajstić information content (AvgIpc) is 2.97. The molecule has 0 fully saturated rings. The van der Waals surface area contributed by atoms with Crippen LogP contribution in [0.5, 0.6) is 0 Å². The number of carbonyl (C=O) groups excluding carboxylic acids is 1. The number of thiazole rings is 1. The molecule has 0 saturated carbocycles. The van der Waals surface area contributed by atoms with Crippen LogP contribution in [0.25, 0.3) is 10.3 Å². The molecule has 0 bridgehead atoms. The zero-order valence-corrected chi connectivity index (χ0v) is 12.3. The molecule has 0 radical (unpaired) electrons. The van der Waals surface area contributed by atoms with Gasteiger partial charge in [0.1, 0.15) is 16.2 Å². The summed E-state index contributed by atoms with van der Waals surface area (Å²) in [5, 5.41) is 3.00. The fourth-order valence-electron chi connectivity index (χ4n) is 2.11. The SMILES string of the molecule is NCC(NC(=O)c1nc2cccnc2s1)c1ccccc1F. The van der Waals surface area contributed by atoms with E-state index >= 15 is 0 Å². The first-order chi connectivity index (χ1) is 10.7. The second kappa shape index (κ2) is 6.17. The smallest absolute Gasteiger partial charge is 0.280 e. The highest BCUT2D eigenvalue weighted by Crippen LogP contribution is 2.21. The minimum Gasteiger partial charge on any atom is -0.342 e. The maximum atomic E-state index is 13.8. The van der Waals surface area contributed by atoms with Crippen molar-refractivity contribution in [2.24, 2.45) is 5.73 Å². The summed E-state index contributed by atoms with van der Waals surface area (Å²) < 4.78 is 13.8. The number of rotatable bonds is 4. The highest BCUT2D eigenvalue weighted by atomic mass is 32.1. The van der Waals surface area contributed by atoms with Crippen molar-refractivity contribution in [1.82, 2.24) is 15.3 Å². The van der Waals surface area contributed by atoms with Gasteiger partial charge in [-0.25, -0.2) is 14.4 Å². The molecule has 2 heterocycles. The lowest BCUT2D eigenvalue weighted by molar-refractivity contribution is 0.0937. The standard InChI is InChI=1S/C15H13FN4OS/c16-10-5-2-1-4-9(10)12(8-17)19-13(21)15-20-11-6-3-7-18-14(11)22-15/h1-7,12H,8,17H2,(H,19,21). The van der Waals surface area contributed by atoms with Gasteiger partial charge < -0.3 is 11.1 Å². The van der Waals surface area contributed by atoms with Crippen molar-refractivity contribution >= 4 is 27.6 Å². The minimum atomic E-state index is -0.603. The van der Waals surface area contributed by atoms with Crippen molar-refractivity contribution in [2.75, 3.05) is 6.54 Å². The molecule has 0 aliphatic carbocycles. The number of halogens is 1. The third kappa shape index (κ3) is 2.81. The van der Waals surface area contributed by atoms with Gasteiger partial charge in [0.05, 0.1) is 6.04 Å². The summed E-state index contributed by atoms with van der Waals surface area (Å²) in [7, 11) is 0. The van der Waals surface area contributed by atoms with Crippen molar-refractivity contribution in [2.45, 2.75) is 6.04 Å². The zero-order chi connectivity index (χ0) is 15.5. The van der Waals surface area contributed by atoms with Gasteiger partial charge in [-0.3, -0.25) is 4.79 Å². The molecule has 1 unspecified atom stereocenters. The predicted octanol–water partition coefficient (Wildman–Crippen LogP) is 2.26. The second-order valence-corrected chi connectivity index (χ2v) is 5.61. The Hall–Kier alpha value is -2.38. The summed E-state index contributed by atoms with van der Waals surface area (Å²) in [6, 6.07) is 9.17. The van der Waals surface area contributed by atoms with Crippen molar-refractivity contribution in [3.63, 3.8) is 0 Å². The Morgan fingerprint density at radius 1 is 1.32 bits per heavy atom. The van der Waals surface area contributed by atoms with Crippen LogP contribution in [-0.4, -0.2) is 22.4 Å². The van der Waals surface area contributed by atoms with Crippen LogP contribution < -0.4 is 11.1 Å². The Morgan fingerprint density at radius 2 is 2.14 bits per heavy atom. The quantitative estimate of drug-likeness (QED) is 0.773. The van der Waals surface area contributed by atoms with Crippen LogP contribution in [-0.2, 0) is 0 Å². The number of aromatic nitrogens is 2. The molecule has 22 heavy (non-hydrogen) atoms. The first-order valence-electron chi connectivity index (χ1n) is 6.66. The van der Waals surface area contributed by atoms with Gasteiger partial charge in [-0.2, -0.15) is 0 Å². The largest absolute Gasteiger partial charge is 0.342 e. The van der Waals surface area contributed by atoms with E-state index in [1.807, 2.05) is 0 Å². The molecular weight excluding hydrogens is 303 g/mol. The third-order valence-electron chi connectivity index (χ3n) is 3.18. The van der Waals surface area contributed by atoms with Gasteiger partial charge in [0.15, 0.2) is 5.01 Å². The van der Waals surface area contributed by atoms with E-state index in [1.165, 1.54) is 17.4 Å². The van der Waals surface area contributed by atoms with Crippen LogP contribution in [0.3, 0.4) is 0 Å². The fourth-order valence-corrected chi connectivity index (χ4v) is 2.92. The Bertz CT molecular complexity index is 787. The number of hydrogen-bond donors (Lipinski definition) is 2. The van der Waals surface area contributed by atoms with Crippen LogP contribution >= 0.6 is 11.3 Å². The molecule has 5 nitrogen and oxygen atoms in total. The lowest BCUT2D eigenvalue weighted by Crippen LogP contribution is -2.33. The fraction of sp³-hybridized carbons (Fsp3) is 0.133. The highest BCUT2D eigenvalue weighted by molar-refractivity contribution is 7.19. The van der Waals surface area contributed by atoms with Crippen molar-refractivity contribution in [3.05, 3.63) is 59.0 Å². The van der Waals surface area contributed by atoms with Crippen LogP contribution in [0.1, 0.15) is 21.4 Å². The van der Waals surface area contributed by atoms with Gasteiger partial charge in [-0.05, 0) is 18.2 Å². The first-order valence-corrected chi connectivity index (χ1v) is 7.47. The summed E-state index contributed by atoms with van der Waals surface area (Å²) in [6.07, 6.45) is 1.64. The molecule has 3 aromatic rings. The Kier molecular flexibility index (Phi) is 4.08. The normalized spacial score (nSPS) is 12.3. The number of hydrogen-bond acceptors (Lipinski definition) is 5. The molecule has 0 aliphatic heterocycles. The lowest BCUT2D eigenvalue weighted by Gasteiger charge is -2.17. The number of fused-ring (bicyclic) bond motifs is 1. The molecule has 0 aliphatic rings. The van der Waals surface area contributed by atoms with Crippen LogP contribution in [0.15, 0.2) is 42.6 Å². The number of carbonyl (C=O) groups is 1. The van der Waals surface area contributed by atoms with E-state index in [9.17, 15) is 9.18 Å². The summed E-state index contributed by atoms with van der Waals surface area (Å²) in [5.74, 6) is -0.786. The van der Waals surface area contributed by atoms with Crippen LogP contribution in [0, 0.1) is 5.82 Å². The maximum absolute atomic E-state index is 13.8. The van der Waals surface area contributed by atoms with Gasteiger partial charge >= 0.3 is 0 Å². The first kappa shape index (κ1) is 14.6. The van der Waals surface area contributed by atoms with E-state index in [1.54, 1.807) is 36.5 Å². The van der Waals surface area contributed by atoms with Crippen molar-refractivity contribution < 1.29 is 9.18 Å². The molecule has 3 rings (SSSR count). The number of benzene rings is 1. The summed E-state index contributed by atoms with van der Waals surface area (Å²) in [5.41, 5.74) is 6.68. The van der Waals surface area contributed by atoms with Crippen LogP contribution in [0.2, 0.25) is 0 Å². The molecule has 7 heteroatoms. The number of amides is 1. The monoisotopic (exact) mass is 316 g/mol. The lowest BCUT2D eigenvalue weighted by atomic mass is 10.1. The van der Waals surface area contributed by atoms with E-state index in [0.717, 1.165) is 0 Å². The molecule has 1 amide bonds. The molecule has 2 aromatic heterocycles.